The van der Waals surface area contributed by atoms with Crippen LogP contribution in [0.5, 0.6) is 0 Å². The molecule has 7 heteroatoms. The molecule has 2 aromatic heterocycles. The number of fused-ring (bicyclic) bond motifs is 1. The van der Waals surface area contributed by atoms with E-state index in [2.05, 4.69) is 19.5 Å². The van der Waals surface area contributed by atoms with Gasteiger partial charge in [0, 0.05) is 18.9 Å². The number of hydrogen-bond acceptors (Lipinski definition) is 6. The van der Waals surface area contributed by atoms with Gasteiger partial charge in [0.2, 0.25) is 0 Å². The van der Waals surface area contributed by atoms with Crippen LogP contribution in [0.2, 0.25) is 0 Å². The summed E-state index contributed by atoms with van der Waals surface area (Å²) in [5.41, 5.74) is 1.71. The number of aromatic carboxylic acids is 1. The highest BCUT2D eigenvalue weighted by Crippen LogP contribution is 2.23. The predicted octanol–water partition coefficient (Wildman–Crippen LogP) is 1.50. The van der Waals surface area contributed by atoms with Gasteiger partial charge in [0.05, 0.1) is 22.8 Å². The van der Waals surface area contributed by atoms with Crippen LogP contribution in [0.25, 0.3) is 11.0 Å². The largest absolute Gasteiger partial charge is 0.545 e. The molecule has 1 aromatic carbocycles. The summed E-state index contributed by atoms with van der Waals surface area (Å²) in [6, 6.07) is 6.63. The van der Waals surface area contributed by atoms with E-state index >= 15 is 0 Å². The second-order valence-corrected chi connectivity index (χ2v) is 5.53. The van der Waals surface area contributed by atoms with E-state index < -0.39 is 5.97 Å². The summed E-state index contributed by atoms with van der Waals surface area (Å²) in [5, 5.41) is 11.6. The number of benzene rings is 1. The van der Waals surface area contributed by atoms with Crippen molar-refractivity contribution < 1.29 is 9.90 Å². The lowest BCUT2D eigenvalue weighted by Crippen LogP contribution is -2.21. The molecule has 0 aliphatic rings. The monoisotopic (exact) mass is 313 g/mol. The molecule has 0 spiro atoms. The zero-order valence-corrected chi connectivity index (χ0v) is 12.7. The number of thioether (sulfide) groups is 1. The van der Waals surface area contributed by atoms with E-state index in [1.807, 2.05) is 6.92 Å². The van der Waals surface area contributed by atoms with Crippen molar-refractivity contribution >= 4 is 28.8 Å². The highest BCUT2D eigenvalue weighted by atomic mass is 32.2. The molecule has 0 aliphatic heterocycles. The third-order valence-electron chi connectivity index (χ3n) is 3.25. The van der Waals surface area contributed by atoms with Gasteiger partial charge in [-0.1, -0.05) is 17.8 Å². The zero-order chi connectivity index (χ0) is 15.5. The number of aromatic nitrogens is 4. The Balaban J connectivity index is 1.93. The van der Waals surface area contributed by atoms with Gasteiger partial charge in [-0.3, -0.25) is 0 Å². The molecule has 0 saturated heterocycles. The van der Waals surface area contributed by atoms with E-state index in [-0.39, 0.29) is 5.56 Å². The van der Waals surface area contributed by atoms with Crippen molar-refractivity contribution in [1.29, 1.82) is 0 Å². The maximum atomic E-state index is 11.0. The quantitative estimate of drug-likeness (QED) is 0.524. The van der Waals surface area contributed by atoms with Gasteiger partial charge in [0.1, 0.15) is 5.82 Å². The van der Waals surface area contributed by atoms with Crippen molar-refractivity contribution in [1.82, 2.24) is 19.5 Å². The molecule has 3 rings (SSSR count). The fourth-order valence-corrected chi connectivity index (χ4v) is 3.01. The van der Waals surface area contributed by atoms with Gasteiger partial charge in [-0.25, -0.2) is 15.0 Å². The highest BCUT2D eigenvalue weighted by molar-refractivity contribution is 7.98. The summed E-state index contributed by atoms with van der Waals surface area (Å²) in [7, 11) is 0. The van der Waals surface area contributed by atoms with Crippen LogP contribution in [0, 0.1) is 0 Å². The molecule has 0 N–H and O–H groups in total. The Morgan fingerprint density at radius 1 is 1.32 bits per heavy atom. The number of carbonyl (C=O) groups excluding carboxylic acids is 1. The SMILES string of the molecule is CCn1c(CSc2ncccn2)nc2cc(C(=O)[O-])ccc21. The molecule has 2 heterocycles. The number of imidazole rings is 1. The van der Waals surface area contributed by atoms with Crippen molar-refractivity contribution in [2.24, 2.45) is 0 Å². The van der Waals surface area contributed by atoms with E-state index in [0.717, 1.165) is 17.9 Å². The van der Waals surface area contributed by atoms with E-state index in [1.54, 1.807) is 36.7 Å². The number of carbonyl (C=O) groups is 1. The summed E-state index contributed by atoms with van der Waals surface area (Å²) in [4.78, 5) is 23.8. The standard InChI is InChI=1S/C15H14N4O2S/c1-2-19-12-5-4-10(14(20)21)8-11(12)18-13(19)9-22-15-16-6-3-7-17-15/h3-8H,2,9H2,1H3,(H,20,21)/p-1. The molecular formula is C15H13N4O2S-. The second kappa shape index (κ2) is 6.15. The fourth-order valence-electron chi connectivity index (χ4n) is 2.26. The van der Waals surface area contributed by atoms with Gasteiger partial charge >= 0.3 is 0 Å². The van der Waals surface area contributed by atoms with E-state index in [9.17, 15) is 9.90 Å². The molecule has 0 atom stereocenters. The van der Waals surface area contributed by atoms with Crippen LogP contribution in [0.1, 0.15) is 23.1 Å². The Kier molecular flexibility index (Phi) is 4.06. The van der Waals surface area contributed by atoms with Crippen LogP contribution in [-0.4, -0.2) is 25.5 Å². The Labute approximate surface area is 131 Å². The number of nitrogens with zero attached hydrogens (tertiary/aromatic N) is 4. The first-order chi connectivity index (χ1) is 10.7. The Morgan fingerprint density at radius 2 is 2.09 bits per heavy atom. The van der Waals surface area contributed by atoms with Crippen LogP contribution in [0.3, 0.4) is 0 Å². The van der Waals surface area contributed by atoms with Gasteiger partial charge in [0.15, 0.2) is 5.16 Å². The summed E-state index contributed by atoms with van der Waals surface area (Å²) >= 11 is 1.49. The number of rotatable bonds is 5. The van der Waals surface area contributed by atoms with Crippen molar-refractivity contribution in [3.05, 3.63) is 48.0 Å². The smallest absolute Gasteiger partial charge is 0.187 e. The van der Waals surface area contributed by atoms with E-state index in [0.29, 0.717) is 16.4 Å². The minimum Gasteiger partial charge on any atom is -0.545 e. The Bertz CT molecular complexity index is 817. The third kappa shape index (κ3) is 2.80. The van der Waals surface area contributed by atoms with Gasteiger partial charge in [-0.05, 0) is 30.7 Å². The van der Waals surface area contributed by atoms with Crippen molar-refractivity contribution in [2.75, 3.05) is 0 Å². The van der Waals surface area contributed by atoms with Gasteiger partial charge in [0.25, 0.3) is 0 Å². The average Bonchev–Trinajstić information content (AvgIpc) is 2.90. The molecule has 22 heavy (non-hydrogen) atoms. The number of hydrogen-bond donors (Lipinski definition) is 0. The molecule has 0 radical (unpaired) electrons. The molecule has 6 nitrogen and oxygen atoms in total. The van der Waals surface area contributed by atoms with Crippen molar-refractivity contribution in [3.63, 3.8) is 0 Å². The first-order valence-corrected chi connectivity index (χ1v) is 7.78. The first kappa shape index (κ1) is 14.5. The maximum Gasteiger partial charge on any atom is 0.187 e. The van der Waals surface area contributed by atoms with Crippen LogP contribution in [0.15, 0.2) is 41.8 Å². The van der Waals surface area contributed by atoms with Crippen molar-refractivity contribution in [3.8, 4) is 0 Å². The number of carboxylic acid groups (broad SMARTS) is 1. The predicted molar refractivity (Wildman–Crippen MR) is 81.3 cm³/mol. The molecule has 112 valence electrons. The molecule has 0 bridgehead atoms. The van der Waals surface area contributed by atoms with Crippen LogP contribution in [-0.2, 0) is 12.3 Å². The van der Waals surface area contributed by atoms with Crippen LogP contribution >= 0.6 is 11.8 Å². The topological polar surface area (TPSA) is 83.7 Å². The lowest BCUT2D eigenvalue weighted by molar-refractivity contribution is -0.255. The third-order valence-corrected chi connectivity index (χ3v) is 4.12. The minimum atomic E-state index is -1.19. The highest BCUT2D eigenvalue weighted by Gasteiger charge is 2.11. The molecule has 0 fully saturated rings. The van der Waals surface area contributed by atoms with Crippen LogP contribution < -0.4 is 5.11 Å². The molecule has 0 aliphatic carbocycles. The molecule has 3 aromatic rings. The molecular weight excluding hydrogens is 300 g/mol. The Hall–Kier alpha value is -2.41. The summed E-state index contributed by atoms with van der Waals surface area (Å²) in [6.07, 6.45) is 3.40. The Morgan fingerprint density at radius 3 is 2.77 bits per heavy atom. The van der Waals surface area contributed by atoms with Gasteiger partial charge < -0.3 is 14.5 Å². The minimum absolute atomic E-state index is 0.138. The number of carboxylic acids is 1. The molecule has 0 saturated carbocycles. The van der Waals surface area contributed by atoms with Crippen LogP contribution in [0.4, 0.5) is 0 Å². The lowest BCUT2D eigenvalue weighted by atomic mass is 10.2. The van der Waals surface area contributed by atoms with E-state index in [1.165, 1.54) is 11.8 Å². The van der Waals surface area contributed by atoms with Gasteiger partial charge in [-0.2, -0.15) is 0 Å². The summed E-state index contributed by atoms with van der Waals surface area (Å²) in [5.74, 6) is 0.291. The fraction of sp³-hybridized carbons (Fsp3) is 0.200. The summed E-state index contributed by atoms with van der Waals surface area (Å²) in [6.45, 7) is 2.79. The summed E-state index contributed by atoms with van der Waals surface area (Å²) < 4.78 is 2.06. The number of aryl methyl sites for hydroxylation is 1. The molecule has 0 amide bonds. The first-order valence-electron chi connectivity index (χ1n) is 6.79. The second-order valence-electron chi connectivity index (χ2n) is 4.58. The van der Waals surface area contributed by atoms with Crippen molar-refractivity contribution in [2.45, 2.75) is 24.4 Å². The maximum absolute atomic E-state index is 11.0. The molecule has 0 unspecified atom stereocenters. The zero-order valence-electron chi connectivity index (χ0n) is 11.9. The normalized spacial score (nSPS) is 11.0. The lowest BCUT2D eigenvalue weighted by Gasteiger charge is -2.06. The van der Waals surface area contributed by atoms with E-state index in [4.69, 9.17) is 0 Å². The van der Waals surface area contributed by atoms with Gasteiger partial charge in [-0.15, -0.1) is 0 Å². The average molecular weight is 313 g/mol.